The average molecular weight is 449 g/mol. The van der Waals surface area contributed by atoms with Gasteiger partial charge in [0, 0.05) is 0 Å². The van der Waals surface area contributed by atoms with E-state index in [2.05, 4.69) is 16.0 Å². The number of rotatable bonds is 17. The molecule has 0 aromatic heterocycles. The number of aliphatic hydroxyl groups is 2. The van der Waals surface area contributed by atoms with Crippen LogP contribution in [0.2, 0.25) is 0 Å². The predicted octanol–water partition coefficient (Wildman–Crippen LogP) is -3.90. The summed E-state index contributed by atoms with van der Waals surface area (Å²) in [6.45, 7) is -0.667. The fourth-order valence-electron chi connectivity index (χ4n) is 2.61. The van der Waals surface area contributed by atoms with E-state index in [0.717, 1.165) is 0 Å². The van der Waals surface area contributed by atoms with Gasteiger partial charge in [-0.25, -0.2) is 4.79 Å². The lowest BCUT2D eigenvalue weighted by molar-refractivity contribution is -0.142. The van der Waals surface area contributed by atoms with Crippen molar-refractivity contribution < 1.29 is 34.5 Å². The fourth-order valence-corrected chi connectivity index (χ4v) is 2.61. The van der Waals surface area contributed by atoms with Gasteiger partial charge in [0.2, 0.25) is 17.7 Å². The van der Waals surface area contributed by atoms with Gasteiger partial charge in [0.1, 0.15) is 24.2 Å². The van der Waals surface area contributed by atoms with Gasteiger partial charge in [0.05, 0.1) is 13.2 Å². The molecule has 0 aliphatic heterocycles. The van der Waals surface area contributed by atoms with Gasteiger partial charge in [0.15, 0.2) is 0 Å². The molecule has 4 unspecified atom stereocenters. The maximum Gasteiger partial charge on any atom is 0.326 e. The van der Waals surface area contributed by atoms with E-state index >= 15 is 0 Å². The molecule has 0 spiro atoms. The van der Waals surface area contributed by atoms with Crippen LogP contribution in [0, 0.1) is 0 Å². The van der Waals surface area contributed by atoms with Crippen LogP contribution in [0.4, 0.5) is 0 Å². The minimum Gasteiger partial charge on any atom is -0.480 e. The number of hydrogen-bond acceptors (Lipinski definition) is 9. The van der Waals surface area contributed by atoms with Crippen LogP contribution >= 0.6 is 0 Å². The average Bonchev–Trinajstić information content (AvgIpc) is 2.74. The Balaban J connectivity index is 5.19. The van der Waals surface area contributed by atoms with Crippen molar-refractivity contribution in [3.8, 4) is 0 Å². The molecule has 4 atom stereocenters. The quantitative estimate of drug-likeness (QED) is 0.0978. The van der Waals surface area contributed by atoms with Crippen molar-refractivity contribution in [1.29, 1.82) is 0 Å². The van der Waals surface area contributed by atoms with E-state index in [1.54, 1.807) is 0 Å². The number of carboxylic acid groups (broad SMARTS) is 1. The fraction of sp³-hybridized carbons (Fsp3) is 0.778. The Hall–Kier alpha value is -2.32. The maximum absolute atomic E-state index is 12.7. The molecule has 0 saturated carbocycles. The zero-order valence-electron chi connectivity index (χ0n) is 17.6. The van der Waals surface area contributed by atoms with Crippen molar-refractivity contribution in [2.45, 2.75) is 62.7 Å². The molecular weight excluding hydrogens is 412 g/mol. The van der Waals surface area contributed by atoms with Gasteiger partial charge in [-0.3, -0.25) is 14.4 Å². The first-order chi connectivity index (χ1) is 14.7. The number of carbonyl (C=O) groups is 4. The molecule has 0 aromatic rings. The second-order valence-corrected chi connectivity index (χ2v) is 7.06. The molecule has 0 heterocycles. The number of aliphatic carboxylic acids is 1. The summed E-state index contributed by atoms with van der Waals surface area (Å²) in [4.78, 5) is 48.3. The summed E-state index contributed by atoms with van der Waals surface area (Å²) >= 11 is 0. The normalized spacial score (nSPS) is 14.7. The van der Waals surface area contributed by atoms with Crippen LogP contribution in [-0.2, 0) is 19.2 Å². The van der Waals surface area contributed by atoms with Gasteiger partial charge >= 0.3 is 5.97 Å². The molecule has 180 valence electrons. The van der Waals surface area contributed by atoms with Crippen LogP contribution in [0.3, 0.4) is 0 Å². The largest absolute Gasteiger partial charge is 0.480 e. The Kier molecular flexibility index (Phi) is 15.2. The molecule has 31 heavy (non-hydrogen) atoms. The lowest BCUT2D eigenvalue weighted by atomic mass is 10.1. The highest BCUT2D eigenvalue weighted by atomic mass is 16.4. The zero-order valence-corrected chi connectivity index (χ0v) is 17.6. The van der Waals surface area contributed by atoms with E-state index in [0.29, 0.717) is 38.8 Å². The zero-order chi connectivity index (χ0) is 23.8. The third kappa shape index (κ3) is 11.6. The molecule has 13 nitrogen and oxygen atoms in total. The van der Waals surface area contributed by atoms with Gasteiger partial charge in [-0.1, -0.05) is 0 Å². The van der Waals surface area contributed by atoms with Crippen LogP contribution in [0.25, 0.3) is 0 Å². The van der Waals surface area contributed by atoms with E-state index in [1.165, 1.54) is 0 Å². The molecule has 3 amide bonds. The standard InChI is InChI=1S/C18H36N6O7/c19-7-3-1-5-12(16(28)23-13(18(30)31)6-2-4-8-20)22-17(29)14(10-26)24-15(27)11(21)9-25/h11-14,25-26H,1-10,19-21H2,(H,22,29)(H,23,28)(H,24,27)(H,30,31). The molecule has 0 rings (SSSR count). The first kappa shape index (κ1) is 28.7. The summed E-state index contributed by atoms with van der Waals surface area (Å²) in [5, 5.41) is 34.7. The van der Waals surface area contributed by atoms with Gasteiger partial charge in [-0.05, 0) is 51.6 Å². The Labute approximate surface area is 181 Å². The minimum absolute atomic E-state index is 0.173. The first-order valence-corrected chi connectivity index (χ1v) is 10.2. The van der Waals surface area contributed by atoms with Crippen molar-refractivity contribution >= 4 is 23.7 Å². The number of hydrogen-bond donors (Lipinski definition) is 9. The third-order valence-electron chi connectivity index (χ3n) is 4.49. The van der Waals surface area contributed by atoms with E-state index in [9.17, 15) is 29.4 Å². The second-order valence-electron chi connectivity index (χ2n) is 7.06. The smallest absolute Gasteiger partial charge is 0.326 e. The van der Waals surface area contributed by atoms with Crippen LogP contribution < -0.4 is 33.2 Å². The monoisotopic (exact) mass is 448 g/mol. The van der Waals surface area contributed by atoms with E-state index in [1.807, 2.05) is 0 Å². The number of carbonyl (C=O) groups excluding carboxylic acids is 3. The Morgan fingerprint density at radius 3 is 1.58 bits per heavy atom. The summed E-state index contributed by atoms with van der Waals surface area (Å²) in [6.07, 6.45) is 2.50. The lowest BCUT2D eigenvalue weighted by Crippen LogP contribution is -2.58. The number of carboxylic acids is 1. The van der Waals surface area contributed by atoms with Crippen molar-refractivity contribution in [2.75, 3.05) is 26.3 Å². The molecule has 0 saturated heterocycles. The summed E-state index contributed by atoms with van der Waals surface area (Å²) in [5.74, 6) is -3.63. The van der Waals surface area contributed by atoms with Gasteiger partial charge in [-0.2, -0.15) is 0 Å². The van der Waals surface area contributed by atoms with E-state index < -0.39 is 61.1 Å². The SMILES string of the molecule is NCCCCC(NC(=O)C(CCCCN)NC(=O)C(CO)NC(=O)C(N)CO)C(=O)O. The van der Waals surface area contributed by atoms with Crippen LogP contribution in [0.1, 0.15) is 38.5 Å². The number of unbranched alkanes of at least 4 members (excludes halogenated alkanes) is 2. The summed E-state index contributed by atoms with van der Waals surface area (Å²) in [7, 11) is 0. The summed E-state index contributed by atoms with van der Waals surface area (Å²) in [5.41, 5.74) is 16.2. The van der Waals surface area contributed by atoms with E-state index in [-0.39, 0.29) is 12.8 Å². The van der Waals surface area contributed by atoms with Crippen molar-refractivity contribution in [1.82, 2.24) is 16.0 Å². The van der Waals surface area contributed by atoms with Gasteiger partial charge < -0.3 is 48.5 Å². The molecule has 0 bridgehead atoms. The number of nitrogens with two attached hydrogens (primary N) is 3. The first-order valence-electron chi connectivity index (χ1n) is 10.2. The van der Waals surface area contributed by atoms with Crippen molar-refractivity contribution in [3.63, 3.8) is 0 Å². The summed E-state index contributed by atoms with van der Waals surface area (Å²) in [6, 6.07) is -4.94. The lowest BCUT2D eigenvalue weighted by Gasteiger charge is -2.24. The molecule has 12 N–H and O–H groups in total. The molecule has 13 heteroatoms. The molecular formula is C18H36N6O7. The highest BCUT2D eigenvalue weighted by Crippen LogP contribution is 2.06. The molecule has 0 aliphatic rings. The highest BCUT2D eigenvalue weighted by molar-refractivity contribution is 5.94. The number of aliphatic hydroxyl groups excluding tert-OH is 2. The Bertz CT molecular complexity index is 578. The number of nitrogens with one attached hydrogen (secondary N) is 3. The number of amides is 3. The van der Waals surface area contributed by atoms with Gasteiger partial charge in [0.25, 0.3) is 0 Å². The van der Waals surface area contributed by atoms with Crippen molar-refractivity contribution in [2.24, 2.45) is 17.2 Å². The maximum atomic E-state index is 12.7. The van der Waals surface area contributed by atoms with Crippen molar-refractivity contribution in [3.05, 3.63) is 0 Å². The predicted molar refractivity (Wildman–Crippen MR) is 111 cm³/mol. The Morgan fingerprint density at radius 2 is 1.13 bits per heavy atom. The van der Waals surface area contributed by atoms with Crippen LogP contribution in [-0.4, -0.2) is 89.5 Å². The van der Waals surface area contributed by atoms with Gasteiger partial charge in [-0.15, -0.1) is 0 Å². The molecule has 0 fully saturated rings. The molecule has 0 aliphatic carbocycles. The van der Waals surface area contributed by atoms with E-state index in [4.69, 9.17) is 22.3 Å². The van der Waals surface area contributed by atoms with Crippen LogP contribution in [0.15, 0.2) is 0 Å². The summed E-state index contributed by atoms with van der Waals surface area (Å²) < 4.78 is 0. The minimum atomic E-state index is -1.41. The second kappa shape index (κ2) is 16.4. The Morgan fingerprint density at radius 1 is 0.677 bits per heavy atom. The third-order valence-corrected chi connectivity index (χ3v) is 4.49. The molecule has 0 radical (unpaired) electrons. The highest BCUT2D eigenvalue weighted by Gasteiger charge is 2.29. The topological polar surface area (TPSA) is 243 Å². The van der Waals surface area contributed by atoms with Crippen LogP contribution in [0.5, 0.6) is 0 Å². The molecule has 0 aromatic carbocycles.